The summed E-state index contributed by atoms with van der Waals surface area (Å²) in [4.78, 5) is 34.5. The Morgan fingerprint density at radius 3 is 2.35 bits per heavy atom. The molecule has 1 heterocycles. The number of rotatable bonds is 7. The highest BCUT2D eigenvalue weighted by atomic mass is 35.5. The monoisotopic (exact) mass is 547 g/mol. The lowest BCUT2D eigenvalue weighted by Gasteiger charge is -2.20. The number of anilines is 1. The van der Waals surface area contributed by atoms with Crippen molar-refractivity contribution in [2.75, 3.05) is 33.6 Å². The summed E-state index contributed by atoms with van der Waals surface area (Å²) in [5, 5.41) is 4.66. The van der Waals surface area contributed by atoms with E-state index in [-0.39, 0.29) is 17.9 Å². The maximum Gasteiger partial charge on any atom is 0.404 e. The minimum Gasteiger partial charge on any atom is -0.495 e. The number of carbonyl (C=O) groups is 2. The Hall–Kier alpha value is -3.50. The highest BCUT2D eigenvalue weighted by molar-refractivity contribution is 6.41. The van der Waals surface area contributed by atoms with Gasteiger partial charge in [0, 0.05) is 43.2 Å². The molecule has 12 heteroatoms. The Morgan fingerprint density at radius 2 is 1.76 bits per heavy atom. The van der Waals surface area contributed by atoms with Crippen LogP contribution in [0.2, 0.25) is 10.0 Å². The van der Waals surface area contributed by atoms with E-state index >= 15 is 0 Å². The van der Waals surface area contributed by atoms with Crippen molar-refractivity contribution >= 4 is 52.1 Å². The van der Waals surface area contributed by atoms with Crippen molar-refractivity contribution in [3.8, 4) is 22.6 Å². The van der Waals surface area contributed by atoms with Crippen LogP contribution in [-0.4, -0.2) is 67.3 Å². The maximum atomic E-state index is 12.5. The lowest BCUT2D eigenvalue weighted by atomic mass is 10.0. The van der Waals surface area contributed by atoms with Crippen LogP contribution < -0.4 is 20.5 Å². The van der Waals surface area contributed by atoms with Crippen LogP contribution in [0.5, 0.6) is 11.5 Å². The second kappa shape index (κ2) is 10.9. The zero-order valence-corrected chi connectivity index (χ0v) is 22.3. The first kappa shape index (κ1) is 26.6. The molecule has 0 unspecified atom stereocenters. The molecule has 0 radical (unpaired) electrons. The summed E-state index contributed by atoms with van der Waals surface area (Å²) < 4.78 is 16.0. The number of nitrogens with two attached hydrogens (primary N) is 1. The van der Waals surface area contributed by atoms with Crippen molar-refractivity contribution in [1.29, 1.82) is 0 Å². The van der Waals surface area contributed by atoms with Gasteiger partial charge in [0.2, 0.25) is 11.9 Å². The van der Waals surface area contributed by atoms with Crippen molar-refractivity contribution in [2.45, 2.75) is 25.0 Å². The molecule has 0 bridgehead atoms. The molecule has 3 aromatic rings. The summed E-state index contributed by atoms with van der Waals surface area (Å²) in [7, 11) is 6.41. The van der Waals surface area contributed by atoms with Crippen LogP contribution in [-0.2, 0) is 9.53 Å². The Bertz CT molecular complexity index is 1320. The van der Waals surface area contributed by atoms with Gasteiger partial charge in [-0.15, -0.1) is 0 Å². The third-order valence-electron chi connectivity index (χ3n) is 6.32. The molecule has 1 aliphatic carbocycles. The largest absolute Gasteiger partial charge is 0.495 e. The second-order valence-electron chi connectivity index (χ2n) is 8.88. The van der Waals surface area contributed by atoms with Gasteiger partial charge in [0.15, 0.2) is 0 Å². The lowest BCUT2D eigenvalue weighted by molar-refractivity contribution is -0.132. The second-order valence-corrected chi connectivity index (χ2v) is 9.63. The Kier molecular flexibility index (Phi) is 7.79. The average molecular weight is 548 g/mol. The van der Waals surface area contributed by atoms with Crippen molar-refractivity contribution in [3.05, 3.63) is 40.5 Å². The molecule has 4 rings (SSSR count). The SMILES string of the molecule is COc1cc(OC)c(Cl)c(-c2ccc3nc(N[C@H]4C[C@H](C(=O)N(C)C)C[C@@H]4OC(N)=O)ncc3c2)c1Cl. The smallest absolute Gasteiger partial charge is 0.404 e. The van der Waals surface area contributed by atoms with E-state index in [2.05, 4.69) is 15.3 Å². The number of fused-ring (bicyclic) bond motifs is 1. The highest BCUT2D eigenvalue weighted by Crippen LogP contribution is 2.46. The number of ether oxygens (including phenoxy) is 3. The predicted octanol–water partition coefficient (Wildman–Crippen LogP) is 4.36. The Labute approximate surface area is 224 Å². The van der Waals surface area contributed by atoms with E-state index in [0.29, 0.717) is 51.4 Å². The molecule has 1 aliphatic rings. The van der Waals surface area contributed by atoms with Gasteiger partial charge in [-0.1, -0.05) is 29.3 Å². The number of halogens is 2. The number of primary amides is 1. The number of benzene rings is 2. The molecule has 0 aliphatic heterocycles. The van der Waals surface area contributed by atoms with Crippen molar-refractivity contribution in [1.82, 2.24) is 14.9 Å². The van der Waals surface area contributed by atoms with E-state index in [4.69, 9.17) is 43.1 Å². The summed E-state index contributed by atoms with van der Waals surface area (Å²) in [6, 6.07) is 6.78. The molecular formula is C25H27Cl2N5O5. The molecule has 2 aromatic carbocycles. The first-order valence-electron chi connectivity index (χ1n) is 11.4. The molecule has 3 atom stereocenters. The van der Waals surface area contributed by atoms with Gasteiger partial charge in [0.05, 0.1) is 35.8 Å². The molecule has 1 aromatic heterocycles. The Morgan fingerprint density at radius 1 is 1.08 bits per heavy atom. The number of amides is 2. The van der Waals surface area contributed by atoms with Crippen LogP contribution in [0.25, 0.3) is 22.0 Å². The first-order valence-corrected chi connectivity index (χ1v) is 12.2. The fourth-order valence-corrected chi connectivity index (χ4v) is 5.28. The third-order valence-corrected chi connectivity index (χ3v) is 7.07. The number of aromatic nitrogens is 2. The lowest BCUT2D eigenvalue weighted by Crippen LogP contribution is -2.34. The summed E-state index contributed by atoms with van der Waals surface area (Å²) in [6.45, 7) is 0. The number of carbonyl (C=O) groups excluding carboxylic acids is 2. The molecule has 1 fully saturated rings. The zero-order valence-electron chi connectivity index (χ0n) is 20.7. The molecule has 0 saturated heterocycles. The van der Waals surface area contributed by atoms with Crippen LogP contribution >= 0.6 is 23.2 Å². The van der Waals surface area contributed by atoms with Gasteiger partial charge in [-0.25, -0.2) is 14.8 Å². The standard InChI is InChI=1S/C25H27Cl2N5O5/c1-32(2)23(33)13-8-16(17(9-13)37-24(28)34)31-25-29-11-14-7-12(5-6-15(14)30-25)20-21(26)18(35-3)10-19(36-4)22(20)27/h5-7,10-11,13,16-17H,8-9H2,1-4H3,(H2,28,34)(H,29,30,31)/t13-,16-,17-/m0/s1. The summed E-state index contributed by atoms with van der Waals surface area (Å²) in [6.07, 6.45) is 0.993. The topological polar surface area (TPSA) is 129 Å². The highest BCUT2D eigenvalue weighted by Gasteiger charge is 2.41. The van der Waals surface area contributed by atoms with E-state index in [1.54, 1.807) is 26.4 Å². The van der Waals surface area contributed by atoms with E-state index in [1.807, 2.05) is 18.2 Å². The normalized spacial score (nSPS) is 18.9. The fraction of sp³-hybridized carbons (Fsp3) is 0.360. The van der Waals surface area contributed by atoms with Crippen molar-refractivity contribution in [3.63, 3.8) is 0 Å². The average Bonchev–Trinajstić information content (AvgIpc) is 3.24. The third kappa shape index (κ3) is 5.45. The fourth-order valence-electron chi connectivity index (χ4n) is 4.56. The number of hydrogen-bond acceptors (Lipinski definition) is 8. The van der Waals surface area contributed by atoms with Crippen LogP contribution in [0.4, 0.5) is 10.7 Å². The predicted molar refractivity (Wildman–Crippen MR) is 141 cm³/mol. The van der Waals surface area contributed by atoms with E-state index in [9.17, 15) is 9.59 Å². The van der Waals surface area contributed by atoms with Gasteiger partial charge in [0.1, 0.15) is 17.6 Å². The van der Waals surface area contributed by atoms with Gasteiger partial charge in [0.25, 0.3) is 0 Å². The maximum absolute atomic E-state index is 12.5. The molecule has 3 N–H and O–H groups in total. The van der Waals surface area contributed by atoms with Gasteiger partial charge in [-0.2, -0.15) is 0 Å². The molecule has 2 amide bonds. The van der Waals surface area contributed by atoms with E-state index < -0.39 is 12.2 Å². The number of hydrogen-bond donors (Lipinski definition) is 2. The van der Waals surface area contributed by atoms with Gasteiger partial charge < -0.3 is 30.2 Å². The van der Waals surface area contributed by atoms with Crippen LogP contribution in [0.3, 0.4) is 0 Å². The van der Waals surface area contributed by atoms with Crippen molar-refractivity contribution in [2.24, 2.45) is 11.7 Å². The number of nitrogens with zero attached hydrogens (tertiary/aromatic N) is 3. The van der Waals surface area contributed by atoms with Crippen LogP contribution in [0.15, 0.2) is 30.5 Å². The Balaban J connectivity index is 1.63. The van der Waals surface area contributed by atoms with E-state index in [0.717, 1.165) is 10.9 Å². The van der Waals surface area contributed by atoms with Crippen LogP contribution in [0, 0.1) is 5.92 Å². The minimum absolute atomic E-state index is 0.0409. The first-order chi connectivity index (χ1) is 17.6. The molecular weight excluding hydrogens is 521 g/mol. The molecule has 196 valence electrons. The number of methoxy groups -OCH3 is 2. The quantitative estimate of drug-likeness (QED) is 0.446. The molecule has 1 saturated carbocycles. The molecule has 10 nitrogen and oxygen atoms in total. The zero-order chi connectivity index (χ0) is 26.9. The minimum atomic E-state index is -0.895. The van der Waals surface area contributed by atoms with E-state index in [1.165, 1.54) is 19.1 Å². The van der Waals surface area contributed by atoms with Gasteiger partial charge in [-0.3, -0.25) is 4.79 Å². The summed E-state index contributed by atoms with van der Waals surface area (Å²) in [5.74, 6) is 0.851. The van der Waals surface area contributed by atoms with Gasteiger partial charge in [-0.05, 0) is 30.5 Å². The number of nitrogens with one attached hydrogen (secondary N) is 1. The van der Waals surface area contributed by atoms with Gasteiger partial charge >= 0.3 is 6.09 Å². The molecule has 37 heavy (non-hydrogen) atoms. The summed E-state index contributed by atoms with van der Waals surface area (Å²) >= 11 is 13.1. The van der Waals surface area contributed by atoms with Crippen LogP contribution in [0.1, 0.15) is 12.8 Å². The summed E-state index contributed by atoms with van der Waals surface area (Å²) in [5.41, 5.74) is 7.22. The molecule has 0 spiro atoms. The van der Waals surface area contributed by atoms with Crippen molar-refractivity contribution < 1.29 is 23.8 Å².